The molecule has 1 saturated heterocycles. The van der Waals surface area contributed by atoms with Crippen LogP contribution in [0.15, 0.2) is 18.2 Å². The molecular formula is C14H18N2O4. The van der Waals surface area contributed by atoms with Crippen LogP contribution < -0.4 is 10.6 Å². The molecule has 20 heavy (non-hydrogen) atoms. The van der Waals surface area contributed by atoms with Crippen LogP contribution in [-0.4, -0.2) is 43.3 Å². The van der Waals surface area contributed by atoms with Crippen molar-refractivity contribution in [3.63, 3.8) is 0 Å². The molecule has 1 aromatic rings. The Morgan fingerprint density at radius 2 is 2.10 bits per heavy atom. The van der Waals surface area contributed by atoms with Crippen molar-refractivity contribution in [1.29, 1.82) is 0 Å². The zero-order valence-corrected chi connectivity index (χ0v) is 11.5. The Hall–Kier alpha value is -1.92. The average molecular weight is 278 g/mol. The van der Waals surface area contributed by atoms with E-state index in [1.54, 1.807) is 26.1 Å². The average Bonchev–Trinajstić information content (AvgIpc) is 2.89. The van der Waals surface area contributed by atoms with E-state index >= 15 is 0 Å². The summed E-state index contributed by atoms with van der Waals surface area (Å²) < 4.78 is 5.29. The molecule has 0 spiro atoms. The smallest absolute Gasteiger partial charge is 0.336 e. The lowest BCUT2D eigenvalue weighted by molar-refractivity contribution is -0.120. The number of hydrogen-bond acceptors (Lipinski definition) is 4. The van der Waals surface area contributed by atoms with E-state index in [9.17, 15) is 9.59 Å². The van der Waals surface area contributed by atoms with Crippen LogP contribution in [-0.2, 0) is 9.53 Å². The molecule has 2 rings (SSSR count). The molecule has 0 bridgehead atoms. The summed E-state index contributed by atoms with van der Waals surface area (Å²) in [7, 11) is 1.79. The number of carbonyl (C=O) groups excluding carboxylic acids is 1. The van der Waals surface area contributed by atoms with E-state index in [0.29, 0.717) is 24.5 Å². The molecule has 0 radical (unpaired) electrons. The van der Waals surface area contributed by atoms with Crippen molar-refractivity contribution in [2.24, 2.45) is 5.92 Å². The highest BCUT2D eigenvalue weighted by Crippen LogP contribution is 2.21. The first-order valence-electron chi connectivity index (χ1n) is 6.43. The summed E-state index contributed by atoms with van der Waals surface area (Å²) in [4.78, 5) is 23.3. The minimum absolute atomic E-state index is 0.0158. The van der Waals surface area contributed by atoms with E-state index in [1.807, 2.05) is 0 Å². The second kappa shape index (κ2) is 6.02. The van der Waals surface area contributed by atoms with Crippen LogP contribution in [0.5, 0.6) is 0 Å². The first kappa shape index (κ1) is 14.5. The standard InChI is InChI=1S/C14H18N2O4/c1-8-9(14(18)19)4-3-5-11(8)16-13(17)10-6-20-7-12(10)15-2/h3-5,10,12,15H,6-7H2,1-2H3,(H,16,17)(H,18,19). The Labute approximate surface area is 117 Å². The summed E-state index contributed by atoms with van der Waals surface area (Å²) in [5.74, 6) is -1.43. The molecule has 6 nitrogen and oxygen atoms in total. The predicted octanol–water partition coefficient (Wildman–Crippen LogP) is 0.866. The predicted molar refractivity (Wildman–Crippen MR) is 73.9 cm³/mol. The van der Waals surface area contributed by atoms with Gasteiger partial charge in [-0.2, -0.15) is 0 Å². The van der Waals surface area contributed by atoms with Crippen LogP contribution in [0.1, 0.15) is 15.9 Å². The molecule has 0 aromatic heterocycles. The molecule has 0 aliphatic carbocycles. The van der Waals surface area contributed by atoms with Crippen molar-refractivity contribution < 1.29 is 19.4 Å². The number of carboxylic acid groups (broad SMARTS) is 1. The van der Waals surface area contributed by atoms with E-state index in [1.165, 1.54) is 6.07 Å². The van der Waals surface area contributed by atoms with Gasteiger partial charge < -0.3 is 20.5 Å². The first-order valence-corrected chi connectivity index (χ1v) is 6.43. The number of ether oxygens (including phenoxy) is 1. The maximum Gasteiger partial charge on any atom is 0.336 e. The Kier molecular flexibility index (Phi) is 4.36. The van der Waals surface area contributed by atoms with Crippen LogP contribution >= 0.6 is 0 Å². The van der Waals surface area contributed by atoms with Gasteiger partial charge in [0, 0.05) is 11.7 Å². The highest BCUT2D eigenvalue weighted by molar-refractivity contribution is 5.97. The van der Waals surface area contributed by atoms with E-state index in [-0.39, 0.29) is 23.4 Å². The fourth-order valence-electron chi connectivity index (χ4n) is 2.33. The zero-order chi connectivity index (χ0) is 14.7. The largest absolute Gasteiger partial charge is 0.478 e. The van der Waals surface area contributed by atoms with Gasteiger partial charge in [0.15, 0.2) is 0 Å². The van der Waals surface area contributed by atoms with Crippen LogP contribution in [0.25, 0.3) is 0 Å². The van der Waals surface area contributed by atoms with Gasteiger partial charge >= 0.3 is 5.97 Å². The minimum atomic E-state index is -1.00. The molecular weight excluding hydrogens is 260 g/mol. The lowest BCUT2D eigenvalue weighted by Gasteiger charge is -2.17. The highest BCUT2D eigenvalue weighted by Gasteiger charge is 2.33. The zero-order valence-electron chi connectivity index (χ0n) is 11.5. The fourth-order valence-corrected chi connectivity index (χ4v) is 2.33. The maximum absolute atomic E-state index is 12.2. The number of aromatic carboxylic acids is 1. The van der Waals surface area contributed by atoms with Crippen LogP contribution in [0.2, 0.25) is 0 Å². The van der Waals surface area contributed by atoms with Gasteiger partial charge in [-0.15, -0.1) is 0 Å². The van der Waals surface area contributed by atoms with Gasteiger partial charge in [0.2, 0.25) is 5.91 Å². The maximum atomic E-state index is 12.2. The van der Waals surface area contributed by atoms with Gasteiger partial charge in [0.25, 0.3) is 0 Å². The van der Waals surface area contributed by atoms with Crippen molar-refractivity contribution in [2.75, 3.05) is 25.6 Å². The van der Waals surface area contributed by atoms with Crippen LogP contribution in [0.3, 0.4) is 0 Å². The summed E-state index contributed by atoms with van der Waals surface area (Å²) in [6.07, 6.45) is 0. The second-order valence-corrected chi connectivity index (χ2v) is 4.81. The van der Waals surface area contributed by atoms with Gasteiger partial charge in [-0.1, -0.05) is 6.07 Å². The molecule has 1 aromatic carbocycles. The number of rotatable bonds is 4. The van der Waals surface area contributed by atoms with Crippen molar-refractivity contribution in [3.8, 4) is 0 Å². The number of benzene rings is 1. The number of nitrogens with one attached hydrogen (secondary N) is 2. The monoisotopic (exact) mass is 278 g/mol. The molecule has 1 fully saturated rings. The Balaban J connectivity index is 2.16. The summed E-state index contributed by atoms with van der Waals surface area (Å²) in [6.45, 7) is 2.55. The minimum Gasteiger partial charge on any atom is -0.478 e. The van der Waals surface area contributed by atoms with Crippen molar-refractivity contribution in [3.05, 3.63) is 29.3 Å². The number of likely N-dealkylation sites (N-methyl/N-ethyl adjacent to an activating group) is 1. The molecule has 0 saturated carbocycles. The molecule has 3 N–H and O–H groups in total. The summed E-state index contributed by atoms with van der Waals surface area (Å²) in [5, 5.41) is 14.9. The Morgan fingerprint density at radius 3 is 2.75 bits per heavy atom. The summed E-state index contributed by atoms with van der Waals surface area (Å²) >= 11 is 0. The Morgan fingerprint density at radius 1 is 1.35 bits per heavy atom. The van der Waals surface area contributed by atoms with Crippen molar-refractivity contribution >= 4 is 17.6 Å². The molecule has 2 atom stereocenters. The van der Waals surface area contributed by atoms with E-state index in [4.69, 9.17) is 9.84 Å². The third-order valence-corrected chi connectivity index (χ3v) is 3.61. The number of amides is 1. The lowest BCUT2D eigenvalue weighted by atomic mass is 10.0. The van der Waals surface area contributed by atoms with E-state index < -0.39 is 5.97 Å². The SMILES string of the molecule is CNC1COCC1C(=O)Nc1cccc(C(=O)O)c1C. The molecule has 6 heteroatoms. The first-order chi connectivity index (χ1) is 9.54. The van der Waals surface area contributed by atoms with Crippen molar-refractivity contribution in [2.45, 2.75) is 13.0 Å². The molecule has 1 aliphatic rings. The van der Waals surface area contributed by atoms with E-state index in [0.717, 1.165) is 0 Å². The van der Waals surface area contributed by atoms with Gasteiger partial charge in [0.05, 0.1) is 24.7 Å². The summed E-state index contributed by atoms with van der Waals surface area (Å²) in [5.41, 5.74) is 1.26. The fraction of sp³-hybridized carbons (Fsp3) is 0.429. The highest BCUT2D eigenvalue weighted by atomic mass is 16.5. The number of carboxylic acids is 1. The number of carbonyl (C=O) groups is 2. The van der Waals surface area contributed by atoms with Crippen LogP contribution in [0.4, 0.5) is 5.69 Å². The van der Waals surface area contributed by atoms with Crippen molar-refractivity contribution in [1.82, 2.24) is 5.32 Å². The molecule has 2 unspecified atom stereocenters. The Bertz CT molecular complexity index is 530. The second-order valence-electron chi connectivity index (χ2n) is 4.81. The molecule has 1 amide bonds. The molecule has 1 aliphatic heterocycles. The molecule has 108 valence electrons. The van der Waals surface area contributed by atoms with Gasteiger partial charge in [-0.3, -0.25) is 4.79 Å². The van der Waals surface area contributed by atoms with Gasteiger partial charge in [-0.05, 0) is 31.7 Å². The third kappa shape index (κ3) is 2.81. The normalized spacial score (nSPS) is 21.7. The van der Waals surface area contributed by atoms with Crippen LogP contribution in [0, 0.1) is 12.8 Å². The third-order valence-electron chi connectivity index (χ3n) is 3.61. The summed E-state index contributed by atoms with van der Waals surface area (Å²) in [6, 6.07) is 4.82. The number of hydrogen-bond donors (Lipinski definition) is 3. The van der Waals surface area contributed by atoms with E-state index in [2.05, 4.69) is 10.6 Å². The van der Waals surface area contributed by atoms with Gasteiger partial charge in [-0.25, -0.2) is 4.79 Å². The topological polar surface area (TPSA) is 87.7 Å². The number of anilines is 1. The quantitative estimate of drug-likeness (QED) is 0.760. The molecule has 1 heterocycles. The lowest BCUT2D eigenvalue weighted by Crippen LogP contribution is -2.39. The van der Waals surface area contributed by atoms with Gasteiger partial charge in [0.1, 0.15) is 0 Å².